The molecule has 0 radical (unpaired) electrons. The summed E-state index contributed by atoms with van der Waals surface area (Å²) in [6, 6.07) is 22.9. The van der Waals surface area contributed by atoms with Crippen molar-refractivity contribution in [1.82, 2.24) is 5.32 Å². The molecule has 0 fully saturated rings. The van der Waals surface area contributed by atoms with Gasteiger partial charge in [0.2, 0.25) is 6.79 Å². The standard InChI is InChI=1S/C24H24N2O4/c1-28-21-10-6-5-9-20(21)26-24(27)25-19(13-17-7-3-2-4-8-17)14-18-11-12-22-23(15-18)30-16-29-22/h2-12,15,19H,13-14,16H2,1H3,(H2,25,26,27). The highest BCUT2D eigenvalue weighted by molar-refractivity contribution is 5.91. The lowest BCUT2D eigenvalue weighted by Crippen LogP contribution is -2.40. The first kappa shape index (κ1) is 19.6. The van der Waals surface area contributed by atoms with Gasteiger partial charge in [0.25, 0.3) is 0 Å². The lowest BCUT2D eigenvalue weighted by atomic mass is 9.98. The van der Waals surface area contributed by atoms with Crippen LogP contribution in [0.5, 0.6) is 17.2 Å². The van der Waals surface area contributed by atoms with Crippen LogP contribution in [0.15, 0.2) is 72.8 Å². The Balaban J connectivity index is 1.49. The molecule has 0 saturated heterocycles. The van der Waals surface area contributed by atoms with Gasteiger partial charge in [0.05, 0.1) is 12.8 Å². The summed E-state index contributed by atoms with van der Waals surface area (Å²) in [5, 5.41) is 5.99. The minimum Gasteiger partial charge on any atom is -0.495 e. The molecule has 3 aromatic rings. The molecule has 30 heavy (non-hydrogen) atoms. The van der Waals surface area contributed by atoms with E-state index in [1.54, 1.807) is 7.11 Å². The quantitative estimate of drug-likeness (QED) is 0.612. The van der Waals surface area contributed by atoms with Gasteiger partial charge in [-0.1, -0.05) is 48.5 Å². The maximum atomic E-state index is 12.7. The van der Waals surface area contributed by atoms with Crippen LogP contribution in [-0.2, 0) is 12.8 Å². The second-order valence-corrected chi connectivity index (χ2v) is 7.08. The number of urea groups is 1. The van der Waals surface area contributed by atoms with Gasteiger partial charge >= 0.3 is 6.03 Å². The van der Waals surface area contributed by atoms with E-state index >= 15 is 0 Å². The van der Waals surface area contributed by atoms with Gasteiger partial charge in [-0.25, -0.2) is 4.79 Å². The van der Waals surface area contributed by atoms with E-state index in [0.29, 0.717) is 24.3 Å². The Labute approximate surface area is 175 Å². The molecule has 4 rings (SSSR count). The molecule has 0 aliphatic carbocycles. The first-order valence-corrected chi connectivity index (χ1v) is 9.84. The van der Waals surface area contributed by atoms with Crippen molar-refractivity contribution in [2.45, 2.75) is 18.9 Å². The Morgan fingerprint density at radius 2 is 1.67 bits per heavy atom. The summed E-state index contributed by atoms with van der Waals surface area (Å²) in [6.45, 7) is 0.242. The Kier molecular flexibility index (Phi) is 6.03. The van der Waals surface area contributed by atoms with Gasteiger partial charge in [0, 0.05) is 6.04 Å². The lowest BCUT2D eigenvalue weighted by Gasteiger charge is -2.20. The summed E-state index contributed by atoms with van der Waals surface area (Å²) in [4.78, 5) is 12.7. The molecule has 0 bridgehead atoms. The smallest absolute Gasteiger partial charge is 0.319 e. The van der Waals surface area contributed by atoms with E-state index in [-0.39, 0.29) is 18.9 Å². The number of nitrogens with one attached hydrogen (secondary N) is 2. The molecule has 1 aliphatic rings. The molecule has 1 aliphatic heterocycles. The average molecular weight is 404 g/mol. The number of para-hydroxylation sites is 2. The molecule has 1 atom stereocenters. The van der Waals surface area contributed by atoms with Crippen molar-refractivity contribution in [3.63, 3.8) is 0 Å². The highest BCUT2D eigenvalue weighted by Gasteiger charge is 2.18. The van der Waals surface area contributed by atoms with E-state index in [0.717, 1.165) is 22.6 Å². The Bertz CT molecular complexity index is 1010. The number of methoxy groups -OCH3 is 1. The third-order valence-electron chi connectivity index (χ3n) is 4.93. The Hall–Kier alpha value is -3.67. The summed E-state index contributed by atoms with van der Waals surface area (Å²) in [5.74, 6) is 2.10. The summed E-state index contributed by atoms with van der Waals surface area (Å²) in [6.07, 6.45) is 1.36. The van der Waals surface area contributed by atoms with Gasteiger partial charge in [0.1, 0.15) is 5.75 Å². The van der Waals surface area contributed by atoms with Crippen LogP contribution in [0.1, 0.15) is 11.1 Å². The molecule has 3 aromatic carbocycles. The van der Waals surface area contributed by atoms with Crippen molar-refractivity contribution >= 4 is 11.7 Å². The zero-order chi connectivity index (χ0) is 20.8. The Morgan fingerprint density at radius 3 is 2.50 bits per heavy atom. The van der Waals surface area contributed by atoms with E-state index in [9.17, 15) is 4.79 Å². The van der Waals surface area contributed by atoms with Crippen molar-refractivity contribution < 1.29 is 19.0 Å². The van der Waals surface area contributed by atoms with Crippen LogP contribution in [0.2, 0.25) is 0 Å². The molecule has 0 aromatic heterocycles. The number of carbonyl (C=O) groups is 1. The molecule has 1 unspecified atom stereocenters. The van der Waals surface area contributed by atoms with Crippen LogP contribution in [0.3, 0.4) is 0 Å². The lowest BCUT2D eigenvalue weighted by molar-refractivity contribution is 0.174. The maximum absolute atomic E-state index is 12.7. The molecular weight excluding hydrogens is 380 g/mol. The Morgan fingerprint density at radius 1 is 0.933 bits per heavy atom. The topological polar surface area (TPSA) is 68.8 Å². The number of rotatable bonds is 7. The van der Waals surface area contributed by atoms with Crippen LogP contribution in [0.4, 0.5) is 10.5 Å². The zero-order valence-electron chi connectivity index (χ0n) is 16.8. The number of carbonyl (C=O) groups excluding carboxylic acids is 1. The average Bonchev–Trinajstić information content (AvgIpc) is 3.22. The van der Waals surface area contributed by atoms with Crippen LogP contribution in [0.25, 0.3) is 0 Å². The van der Waals surface area contributed by atoms with Crippen molar-refractivity contribution in [2.75, 3.05) is 19.2 Å². The van der Waals surface area contributed by atoms with Crippen molar-refractivity contribution in [3.05, 3.63) is 83.9 Å². The number of hydrogen-bond acceptors (Lipinski definition) is 4. The maximum Gasteiger partial charge on any atom is 0.319 e. The van der Waals surface area contributed by atoms with Gasteiger partial charge in [-0.3, -0.25) is 0 Å². The molecule has 0 spiro atoms. The number of benzene rings is 3. The summed E-state index contributed by atoms with van der Waals surface area (Å²) >= 11 is 0. The number of hydrogen-bond donors (Lipinski definition) is 2. The minimum absolute atomic E-state index is 0.109. The fourth-order valence-corrected chi connectivity index (χ4v) is 3.52. The van der Waals surface area contributed by atoms with Gasteiger partial charge in [-0.15, -0.1) is 0 Å². The SMILES string of the molecule is COc1ccccc1NC(=O)NC(Cc1ccccc1)Cc1ccc2c(c1)OCO2. The van der Waals surface area contributed by atoms with E-state index < -0.39 is 0 Å². The van der Waals surface area contributed by atoms with Crippen LogP contribution in [0, 0.1) is 0 Å². The number of ether oxygens (including phenoxy) is 3. The third-order valence-corrected chi connectivity index (χ3v) is 4.93. The first-order chi connectivity index (χ1) is 14.7. The first-order valence-electron chi connectivity index (χ1n) is 9.84. The molecule has 154 valence electrons. The van der Waals surface area contributed by atoms with Crippen molar-refractivity contribution in [3.8, 4) is 17.2 Å². The molecular formula is C24H24N2O4. The molecule has 2 N–H and O–H groups in total. The number of fused-ring (bicyclic) bond motifs is 1. The predicted octanol–water partition coefficient (Wildman–Crippen LogP) is 4.40. The van der Waals surface area contributed by atoms with Gasteiger partial charge in [-0.05, 0) is 48.2 Å². The number of anilines is 1. The van der Waals surface area contributed by atoms with Crippen molar-refractivity contribution in [2.24, 2.45) is 0 Å². The molecule has 1 heterocycles. The second-order valence-electron chi connectivity index (χ2n) is 7.08. The number of amides is 2. The van der Waals surface area contributed by atoms with Gasteiger partial charge < -0.3 is 24.8 Å². The minimum atomic E-state index is -0.277. The second kappa shape index (κ2) is 9.22. The van der Waals surface area contributed by atoms with E-state index in [4.69, 9.17) is 14.2 Å². The largest absolute Gasteiger partial charge is 0.495 e. The van der Waals surface area contributed by atoms with E-state index in [1.165, 1.54) is 0 Å². The van der Waals surface area contributed by atoms with Gasteiger partial charge in [-0.2, -0.15) is 0 Å². The van der Waals surface area contributed by atoms with Gasteiger partial charge in [0.15, 0.2) is 11.5 Å². The molecule has 6 heteroatoms. The van der Waals surface area contributed by atoms with E-state index in [1.807, 2.05) is 60.7 Å². The highest BCUT2D eigenvalue weighted by Crippen LogP contribution is 2.33. The summed E-state index contributed by atoms with van der Waals surface area (Å²) in [5.41, 5.74) is 2.85. The predicted molar refractivity (Wildman–Crippen MR) is 115 cm³/mol. The van der Waals surface area contributed by atoms with Crippen LogP contribution >= 0.6 is 0 Å². The van der Waals surface area contributed by atoms with Crippen LogP contribution in [-0.4, -0.2) is 26.0 Å². The summed E-state index contributed by atoms with van der Waals surface area (Å²) in [7, 11) is 1.58. The molecule has 6 nitrogen and oxygen atoms in total. The zero-order valence-corrected chi connectivity index (χ0v) is 16.8. The van der Waals surface area contributed by atoms with Crippen LogP contribution < -0.4 is 24.8 Å². The summed E-state index contributed by atoms with van der Waals surface area (Å²) < 4.78 is 16.2. The monoisotopic (exact) mass is 404 g/mol. The normalized spacial score (nSPS) is 12.8. The highest BCUT2D eigenvalue weighted by atomic mass is 16.7. The van der Waals surface area contributed by atoms with Crippen molar-refractivity contribution in [1.29, 1.82) is 0 Å². The van der Waals surface area contributed by atoms with E-state index in [2.05, 4.69) is 22.8 Å². The fourth-order valence-electron chi connectivity index (χ4n) is 3.52. The third kappa shape index (κ3) is 4.84. The molecule has 0 saturated carbocycles. The fraction of sp³-hybridized carbons (Fsp3) is 0.208. The molecule has 2 amide bonds.